The van der Waals surface area contributed by atoms with E-state index in [1.807, 2.05) is 0 Å². The molecule has 2 N–H and O–H groups in total. The van der Waals surface area contributed by atoms with Gasteiger partial charge in [-0.3, -0.25) is 0 Å². The summed E-state index contributed by atoms with van der Waals surface area (Å²) in [4.78, 5) is 0. The third kappa shape index (κ3) is 1.64. The van der Waals surface area contributed by atoms with Crippen LogP contribution in [0.1, 0.15) is 31.2 Å². The fourth-order valence-corrected chi connectivity index (χ4v) is 3.99. The van der Waals surface area contributed by atoms with Gasteiger partial charge in [0.1, 0.15) is 5.82 Å². The zero-order chi connectivity index (χ0) is 12.8. The Balaban J connectivity index is 2.17. The average Bonchev–Trinajstić information content (AvgIpc) is 2.98. The maximum Gasteiger partial charge on any atom is 0.231 e. The van der Waals surface area contributed by atoms with Gasteiger partial charge in [0.15, 0.2) is 11.5 Å². The van der Waals surface area contributed by atoms with Crippen LogP contribution < -0.4 is 15.2 Å². The summed E-state index contributed by atoms with van der Waals surface area (Å²) >= 11 is 3.47. The van der Waals surface area contributed by atoms with Crippen LogP contribution in [0.2, 0.25) is 0 Å². The highest BCUT2D eigenvalue weighted by Crippen LogP contribution is 2.50. The van der Waals surface area contributed by atoms with Gasteiger partial charge < -0.3 is 15.2 Å². The molecular weight excluding hydrogens is 301 g/mol. The van der Waals surface area contributed by atoms with E-state index in [4.69, 9.17) is 15.2 Å². The maximum atomic E-state index is 14.4. The highest BCUT2D eigenvalue weighted by Gasteiger charge is 2.40. The highest BCUT2D eigenvalue weighted by molar-refractivity contribution is 9.10. The lowest BCUT2D eigenvalue weighted by molar-refractivity contribution is 0.173. The molecule has 5 heteroatoms. The summed E-state index contributed by atoms with van der Waals surface area (Å²) in [5.74, 6) is 0.817. The number of nitrogens with two attached hydrogens (primary N) is 1. The van der Waals surface area contributed by atoms with Crippen LogP contribution in [0, 0.1) is 5.82 Å². The Labute approximate surface area is 114 Å². The lowest BCUT2D eigenvalue weighted by Crippen LogP contribution is -2.33. The van der Waals surface area contributed by atoms with Crippen molar-refractivity contribution in [3.63, 3.8) is 0 Å². The molecule has 0 atom stereocenters. The normalized spacial score (nSPS) is 20.4. The molecule has 0 spiro atoms. The SMILES string of the molecule is NCC1(c2c(F)cc3c(c2Br)OCO3)CCCC1. The lowest BCUT2D eigenvalue weighted by atomic mass is 9.78. The maximum absolute atomic E-state index is 14.4. The van der Waals surface area contributed by atoms with Gasteiger partial charge in [-0.15, -0.1) is 0 Å². The Hall–Kier alpha value is -0.810. The second-order valence-corrected chi connectivity index (χ2v) is 5.77. The van der Waals surface area contributed by atoms with Gasteiger partial charge in [0.2, 0.25) is 6.79 Å². The molecule has 3 rings (SSSR count). The molecule has 1 fully saturated rings. The van der Waals surface area contributed by atoms with E-state index in [9.17, 15) is 4.39 Å². The fraction of sp³-hybridized carbons (Fsp3) is 0.538. The molecule has 0 radical (unpaired) electrons. The van der Waals surface area contributed by atoms with Crippen LogP contribution in [0.25, 0.3) is 0 Å². The first-order valence-corrected chi connectivity index (χ1v) is 6.95. The molecule has 2 aliphatic rings. The monoisotopic (exact) mass is 315 g/mol. The van der Waals surface area contributed by atoms with E-state index in [0.717, 1.165) is 25.7 Å². The Morgan fingerprint density at radius 2 is 2.06 bits per heavy atom. The van der Waals surface area contributed by atoms with E-state index in [2.05, 4.69) is 15.9 Å². The molecule has 98 valence electrons. The van der Waals surface area contributed by atoms with Gasteiger partial charge in [0, 0.05) is 23.6 Å². The molecule has 18 heavy (non-hydrogen) atoms. The van der Waals surface area contributed by atoms with Crippen LogP contribution in [-0.2, 0) is 5.41 Å². The average molecular weight is 316 g/mol. The Kier molecular flexibility index (Phi) is 2.98. The molecule has 0 amide bonds. The minimum atomic E-state index is -0.260. The summed E-state index contributed by atoms with van der Waals surface area (Å²) in [6.45, 7) is 0.606. The molecule has 1 aliphatic carbocycles. The number of halogens is 2. The van der Waals surface area contributed by atoms with Gasteiger partial charge in [-0.25, -0.2) is 4.39 Å². The second-order valence-electron chi connectivity index (χ2n) is 4.97. The van der Waals surface area contributed by atoms with Crippen LogP contribution in [0.15, 0.2) is 10.5 Å². The first kappa shape index (κ1) is 12.2. The van der Waals surface area contributed by atoms with Crippen molar-refractivity contribution < 1.29 is 13.9 Å². The zero-order valence-corrected chi connectivity index (χ0v) is 11.6. The van der Waals surface area contributed by atoms with Crippen LogP contribution in [0.4, 0.5) is 4.39 Å². The largest absolute Gasteiger partial charge is 0.453 e. The summed E-state index contributed by atoms with van der Waals surface area (Å²) in [5.41, 5.74) is 6.32. The fourth-order valence-electron chi connectivity index (χ4n) is 3.07. The van der Waals surface area contributed by atoms with Crippen molar-refractivity contribution in [2.24, 2.45) is 5.73 Å². The molecule has 1 saturated carbocycles. The molecule has 0 unspecified atom stereocenters. The molecular formula is C13H15BrFNO2. The van der Waals surface area contributed by atoms with Crippen LogP contribution in [0.3, 0.4) is 0 Å². The number of hydrogen-bond donors (Lipinski definition) is 1. The minimum absolute atomic E-state index is 0.145. The van der Waals surface area contributed by atoms with E-state index in [1.54, 1.807) is 0 Å². The Morgan fingerprint density at radius 1 is 1.33 bits per heavy atom. The standard InChI is InChI=1S/C13H15BrFNO2/c14-11-10(13(6-16)3-1-2-4-13)8(15)5-9-12(11)18-7-17-9/h5H,1-4,6-7,16H2. The van der Waals surface area contributed by atoms with Gasteiger partial charge in [0.25, 0.3) is 0 Å². The molecule has 0 bridgehead atoms. The van der Waals surface area contributed by atoms with Gasteiger partial charge in [-0.1, -0.05) is 12.8 Å². The van der Waals surface area contributed by atoms with Crippen molar-refractivity contribution in [1.82, 2.24) is 0 Å². The predicted molar refractivity (Wildman–Crippen MR) is 69.4 cm³/mol. The summed E-state index contributed by atoms with van der Waals surface area (Å²) in [7, 11) is 0. The van der Waals surface area contributed by atoms with Crippen LogP contribution >= 0.6 is 15.9 Å². The number of rotatable bonds is 2. The Morgan fingerprint density at radius 3 is 2.72 bits per heavy atom. The van der Waals surface area contributed by atoms with Gasteiger partial charge in [0.05, 0.1) is 4.47 Å². The first-order valence-electron chi connectivity index (χ1n) is 6.16. The van der Waals surface area contributed by atoms with Gasteiger partial charge in [-0.05, 0) is 28.8 Å². The predicted octanol–water partition coefficient (Wildman–Crippen LogP) is 3.09. The summed E-state index contributed by atoms with van der Waals surface area (Å²) in [6, 6.07) is 1.41. The minimum Gasteiger partial charge on any atom is -0.453 e. The van der Waals surface area contributed by atoms with E-state index >= 15 is 0 Å². The molecule has 3 nitrogen and oxygen atoms in total. The van der Waals surface area contributed by atoms with Crippen molar-refractivity contribution in [2.75, 3.05) is 13.3 Å². The second kappa shape index (κ2) is 4.38. The third-order valence-corrected chi connectivity index (χ3v) is 4.80. The van der Waals surface area contributed by atoms with Gasteiger partial charge in [-0.2, -0.15) is 0 Å². The smallest absolute Gasteiger partial charge is 0.231 e. The van der Waals surface area contributed by atoms with E-state index in [0.29, 0.717) is 28.1 Å². The van der Waals surface area contributed by atoms with Crippen LogP contribution in [-0.4, -0.2) is 13.3 Å². The van der Waals surface area contributed by atoms with Crippen molar-refractivity contribution in [3.8, 4) is 11.5 Å². The van der Waals surface area contributed by atoms with Crippen molar-refractivity contribution in [3.05, 3.63) is 21.9 Å². The zero-order valence-electron chi connectivity index (χ0n) is 9.97. The first-order chi connectivity index (χ1) is 8.68. The number of fused-ring (bicyclic) bond motifs is 1. The summed E-state index contributed by atoms with van der Waals surface area (Å²) < 4.78 is 25.7. The van der Waals surface area contributed by atoms with Crippen LogP contribution in [0.5, 0.6) is 11.5 Å². The van der Waals surface area contributed by atoms with Crippen molar-refractivity contribution in [2.45, 2.75) is 31.1 Å². The summed E-state index contributed by atoms with van der Waals surface area (Å²) in [5, 5.41) is 0. The molecule has 0 aromatic heterocycles. The highest BCUT2D eigenvalue weighted by atomic mass is 79.9. The van der Waals surface area contributed by atoms with E-state index in [-0.39, 0.29) is 18.0 Å². The number of hydrogen-bond acceptors (Lipinski definition) is 3. The van der Waals surface area contributed by atoms with Crippen molar-refractivity contribution in [1.29, 1.82) is 0 Å². The lowest BCUT2D eigenvalue weighted by Gasteiger charge is -2.29. The third-order valence-electron chi connectivity index (χ3n) is 4.04. The molecule has 1 aromatic rings. The molecule has 1 heterocycles. The molecule has 1 aromatic carbocycles. The quantitative estimate of drug-likeness (QED) is 0.912. The van der Waals surface area contributed by atoms with E-state index in [1.165, 1.54) is 6.07 Å². The van der Waals surface area contributed by atoms with Crippen molar-refractivity contribution >= 4 is 15.9 Å². The summed E-state index contributed by atoms with van der Waals surface area (Å²) in [6.07, 6.45) is 4.05. The topological polar surface area (TPSA) is 44.5 Å². The molecule has 1 aliphatic heterocycles. The Bertz CT molecular complexity index is 486. The number of benzene rings is 1. The van der Waals surface area contributed by atoms with E-state index < -0.39 is 0 Å². The van der Waals surface area contributed by atoms with Gasteiger partial charge >= 0.3 is 0 Å². The molecule has 0 saturated heterocycles. The number of ether oxygens (including phenoxy) is 2.